The van der Waals surface area contributed by atoms with E-state index in [1.54, 1.807) is 0 Å². The van der Waals surface area contributed by atoms with Crippen LogP contribution in [0.4, 0.5) is 0 Å². The van der Waals surface area contributed by atoms with Gasteiger partial charge in [-0.25, -0.2) is 9.13 Å². The Morgan fingerprint density at radius 3 is 0.763 bits per heavy atom. The summed E-state index contributed by atoms with van der Waals surface area (Å²) in [5, 5.41) is 10.6. The number of esters is 4. The lowest BCUT2D eigenvalue weighted by atomic mass is 9.99. The molecule has 93 heavy (non-hydrogen) atoms. The van der Waals surface area contributed by atoms with Crippen molar-refractivity contribution in [3.8, 4) is 0 Å². The number of phosphoric ester groups is 2. The lowest BCUT2D eigenvalue weighted by Crippen LogP contribution is -2.30. The number of ether oxygens (including phenoxy) is 4. The maximum absolute atomic E-state index is 13.1. The van der Waals surface area contributed by atoms with Gasteiger partial charge in [0, 0.05) is 25.7 Å². The molecule has 6 atom stereocenters. The highest BCUT2D eigenvalue weighted by Gasteiger charge is 2.30. The zero-order valence-corrected chi connectivity index (χ0v) is 62.7. The van der Waals surface area contributed by atoms with Gasteiger partial charge in [0.2, 0.25) is 0 Å². The molecule has 0 aromatic heterocycles. The SMILES string of the molecule is CCC(C)CCCCCCCCCCCCC(=O)O[C@H](COC(=O)CCCCCCCCCCCCCC(C)C)COP(=O)(O)OC[C@@H](O)COP(=O)(O)OC[C@@H](COC(=O)CCCCCCCCC(C)C)OC(=O)CCCCCCCCCCCCCCCC(C)C. The second kappa shape index (κ2) is 63.5. The molecule has 0 rings (SSSR count). The second-order valence-corrected chi connectivity index (χ2v) is 31.3. The highest BCUT2D eigenvalue weighted by atomic mass is 31.2. The van der Waals surface area contributed by atoms with Crippen molar-refractivity contribution in [2.75, 3.05) is 39.6 Å². The minimum Gasteiger partial charge on any atom is -0.462 e. The Morgan fingerprint density at radius 2 is 0.516 bits per heavy atom. The molecule has 0 aromatic carbocycles. The largest absolute Gasteiger partial charge is 0.472 e. The van der Waals surface area contributed by atoms with Gasteiger partial charge in [0.1, 0.15) is 19.3 Å². The smallest absolute Gasteiger partial charge is 0.462 e. The Kier molecular flexibility index (Phi) is 62.2. The van der Waals surface area contributed by atoms with Crippen LogP contribution in [0, 0.1) is 23.7 Å². The molecule has 3 N–H and O–H groups in total. The van der Waals surface area contributed by atoms with Crippen LogP contribution in [-0.4, -0.2) is 96.7 Å². The topological polar surface area (TPSA) is 237 Å². The van der Waals surface area contributed by atoms with Crippen LogP contribution in [0.5, 0.6) is 0 Å². The molecule has 0 spiro atoms. The highest BCUT2D eigenvalue weighted by molar-refractivity contribution is 7.47. The van der Waals surface area contributed by atoms with Gasteiger partial charge in [-0.05, 0) is 49.4 Å². The summed E-state index contributed by atoms with van der Waals surface area (Å²) in [6.07, 6.45) is 47.2. The van der Waals surface area contributed by atoms with Gasteiger partial charge in [0.25, 0.3) is 0 Å². The summed E-state index contributed by atoms with van der Waals surface area (Å²) >= 11 is 0. The van der Waals surface area contributed by atoms with Crippen molar-refractivity contribution in [1.29, 1.82) is 0 Å². The first kappa shape index (κ1) is 91.1. The van der Waals surface area contributed by atoms with Crippen LogP contribution in [0.25, 0.3) is 0 Å². The Bertz CT molecular complexity index is 1840. The predicted octanol–water partition coefficient (Wildman–Crippen LogP) is 21.3. The van der Waals surface area contributed by atoms with Crippen LogP contribution in [0.15, 0.2) is 0 Å². The molecule has 0 amide bonds. The van der Waals surface area contributed by atoms with Crippen molar-refractivity contribution in [3.05, 3.63) is 0 Å². The summed E-state index contributed by atoms with van der Waals surface area (Å²) in [6.45, 7) is 14.1. The molecule has 0 fully saturated rings. The number of phosphoric acid groups is 2. The van der Waals surface area contributed by atoms with Crippen molar-refractivity contribution in [3.63, 3.8) is 0 Å². The molecule has 3 unspecified atom stereocenters. The molecule has 0 aliphatic rings. The van der Waals surface area contributed by atoms with Gasteiger partial charge >= 0.3 is 39.5 Å². The average Bonchev–Trinajstić information content (AvgIpc) is 1.56. The molecule has 0 aliphatic heterocycles. The summed E-state index contributed by atoms with van der Waals surface area (Å²) < 4.78 is 68.4. The van der Waals surface area contributed by atoms with Crippen LogP contribution in [0.2, 0.25) is 0 Å². The van der Waals surface area contributed by atoms with Crippen molar-refractivity contribution >= 4 is 39.5 Å². The standard InChI is InChI=1S/C74H144O17P2/c1-9-67(8)53-45-37-28-22-18-19-25-31-41-49-57-74(79)90-69(60-84-71(76)54-46-38-29-23-17-13-15-21-27-35-43-51-65(4)5)62-88-92(80,81)86-58-68(75)59-87-93(82,83)89-63-70(61-85-72(77)55-47-39-33-32-36-44-52-66(6)7)91-73(78)56-48-40-30-24-16-12-10-11-14-20-26-34-42-50-64(2)3/h64-70,75H,9-63H2,1-8H3,(H,80,81)(H,82,83)/t67?,68-,69-,70-/m1/s1. The van der Waals surface area contributed by atoms with E-state index in [1.807, 2.05) is 0 Å². The van der Waals surface area contributed by atoms with Crippen LogP contribution in [-0.2, 0) is 65.4 Å². The van der Waals surface area contributed by atoms with Crippen LogP contribution in [0.1, 0.15) is 370 Å². The lowest BCUT2D eigenvalue weighted by molar-refractivity contribution is -0.161. The third kappa shape index (κ3) is 67.0. The van der Waals surface area contributed by atoms with Gasteiger partial charge in [0.15, 0.2) is 12.2 Å². The number of rotatable bonds is 71. The fourth-order valence-corrected chi connectivity index (χ4v) is 12.7. The quantitative estimate of drug-likeness (QED) is 0.0222. The molecule has 0 saturated carbocycles. The number of carbonyl (C=O) groups excluding carboxylic acids is 4. The fraction of sp³-hybridized carbons (Fsp3) is 0.946. The van der Waals surface area contributed by atoms with E-state index in [0.717, 1.165) is 114 Å². The number of aliphatic hydroxyl groups is 1. The maximum Gasteiger partial charge on any atom is 0.472 e. The summed E-state index contributed by atoms with van der Waals surface area (Å²) in [4.78, 5) is 72.7. The predicted molar refractivity (Wildman–Crippen MR) is 377 cm³/mol. The first-order chi connectivity index (χ1) is 44.6. The van der Waals surface area contributed by atoms with Crippen molar-refractivity contribution in [1.82, 2.24) is 0 Å². The number of unbranched alkanes of at least 4 members (excludes halogenated alkanes) is 36. The molecule has 0 radical (unpaired) electrons. The zero-order chi connectivity index (χ0) is 68.9. The van der Waals surface area contributed by atoms with E-state index in [2.05, 4.69) is 55.4 Å². The van der Waals surface area contributed by atoms with Crippen molar-refractivity contribution in [2.24, 2.45) is 23.7 Å². The lowest BCUT2D eigenvalue weighted by Gasteiger charge is -2.21. The molecule has 0 bridgehead atoms. The molecule has 0 saturated heterocycles. The summed E-state index contributed by atoms with van der Waals surface area (Å²) in [7, 11) is -9.91. The Morgan fingerprint density at radius 1 is 0.301 bits per heavy atom. The number of hydrogen-bond donors (Lipinski definition) is 3. The van der Waals surface area contributed by atoms with Gasteiger partial charge in [0.05, 0.1) is 26.4 Å². The Balaban J connectivity index is 5.25. The van der Waals surface area contributed by atoms with E-state index in [9.17, 15) is 43.2 Å². The van der Waals surface area contributed by atoms with Gasteiger partial charge in [-0.3, -0.25) is 37.3 Å². The second-order valence-electron chi connectivity index (χ2n) is 28.4. The van der Waals surface area contributed by atoms with Gasteiger partial charge in [-0.2, -0.15) is 0 Å². The van der Waals surface area contributed by atoms with Crippen molar-refractivity contribution < 1.29 is 80.2 Å². The Labute approximate surface area is 568 Å². The van der Waals surface area contributed by atoms with E-state index in [0.29, 0.717) is 31.6 Å². The summed E-state index contributed by atoms with van der Waals surface area (Å²) in [5.41, 5.74) is 0. The van der Waals surface area contributed by atoms with E-state index >= 15 is 0 Å². The summed E-state index contributed by atoms with van der Waals surface area (Å²) in [6, 6.07) is 0. The normalized spacial score (nSPS) is 14.5. The number of hydrogen-bond acceptors (Lipinski definition) is 15. The van der Waals surface area contributed by atoms with E-state index in [4.69, 9.17) is 37.0 Å². The zero-order valence-electron chi connectivity index (χ0n) is 60.9. The Hall–Kier alpha value is -1.94. The first-order valence-corrected chi connectivity index (χ1v) is 41.2. The van der Waals surface area contributed by atoms with Gasteiger partial charge < -0.3 is 33.8 Å². The third-order valence-electron chi connectivity index (χ3n) is 17.4. The molecule has 0 aromatic rings. The number of aliphatic hydroxyl groups excluding tert-OH is 1. The minimum absolute atomic E-state index is 0.106. The molecular formula is C74H144O17P2. The average molecular weight is 1370 g/mol. The third-order valence-corrected chi connectivity index (χ3v) is 19.3. The highest BCUT2D eigenvalue weighted by Crippen LogP contribution is 2.45. The number of carbonyl (C=O) groups is 4. The van der Waals surface area contributed by atoms with Gasteiger partial charge in [-0.15, -0.1) is 0 Å². The molecule has 17 nitrogen and oxygen atoms in total. The first-order valence-electron chi connectivity index (χ1n) is 38.2. The maximum atomic E-state index is 13.1. The molecule has 552 valence electrons. The minimum atomic E-state index is -4.96. The molecule has 0 heterocycles. The van der Waals surface area contributed by atoms with Crippen molar-refractivity contribution in [2.45, 2.75) is 388 Å². The molecule has 19 heteroatoms. The van der Waals surface area contributed by atoms with Crippen LogP contribution < -0.4 is 0 Å². The molecular weight excluding hydrogens is 1220 g/mol. The van der Waals surface area contributed by atoms with Crippen LogP contribution in [0.3, 0.4) is 0 Å². The molecule has 0 aliphatic carbocycles. The van der Waals surface area contributed by atoms with Crippen LogP contribution >= 0.6 is 15.6 Å². The van der Waals surface area contributed by atoms with E-state index < -0.39 is 97.5 Å². The van der Waals surface area contributed by atoms with E-state index in [1.165, 1.54) is 167 Å². The fourth-order valence-electron chi connectivity index (χ4n) is 11.2. The van der Waals surface area contributed by atoms with Gasteiger partial charge in [-0.1, -0.05) is 319 Å². The van der Waals surface area contributed by atoms with E-state index in [-0.39, 0.29) is 25.7 Å². The monoisotopic (exact) mass is 1370 g/mol. The summed E-state index contributed by atoms with van der Waals surface area (Å²) in [5.74, 6) is 0.915.